The van der Waals surface area contributed by atoms with Crippen LogP contribution in [0.2, 0.25) is 0 Å². The zero-order valence-corrected chi connectivity index (χ0v) is 27.1. The van der Waals surface area contributed by atoms with E-state index in [9.17, 15) is 14.4 Å². The molecule has 238 valence electrons. The predicted molar refractivity (Wildman–Crippen MR) is 179 cm³/mol. The van der Waals surface area contributed by atoms with Crippen molar-refractivity contribution in [1.82, 2.24) is 9.80 Å². The molecular weight excluding hydrogens is 562 g/mol. The summed E-state index contributed by atoms with van der Waals surface area (Å²) < 4.78 is 5.54. The smallest absolute Gasteiger partial charge is 0.312 e. The lowest BCUT2D eigenvalue weighted by Gasteiger charge is -2.42. The number of nitrogens with two attached hydrogens (primary N) is 1. The van der Waals surface area contributed by atoms with Crippen LogP contribution in [0.25, 0.3) is 11.1 Å². The third kappa shape index (κ3) is 9.14. The monoisotopic (exact) mass is 609 g/mol. The lowest BCUT2D eigenvalue weighted by Crippen LogP contribution is -2.54. The van der Waals surface area contributed by atoms with E-state index in [1.165, 1.54) is 11.0 Å². The Labute approximate surface area is 268 Å². The first-order valence-electron chi connectivity index (χ1n) is 15.9. The number of piperidine rings is 1. The van der Waals surface area contributed by atoms with Gasteiger partial charge in [-0.1, -0.05) is 91.0 Å². The van der Waals surface area contributed by atoms with Crippen molar-refractivity contribution in [2.75, 3.05) is 26.7 Å². The van der Waals surface area contributed by atoms with Gasteiger partial charge in [-0.3, -0.25) is 14.4 Å². The van der Waals surface area contributed by atoms with Crippen LogP contribution in [-0.2, 0) is 32.0 Å². The Morgan fingerprint density at radius 3 is 2.07 bits per heavy atom. The molecule has 1 unspecified atom stereocenters. The Kier molecular flexibility index (Phi) is 11.3. The van der Waals surface area contributed by atoms with Crippen LogP contribution >= 0.6 is 0 Å². The van der Waals surface area contributed by atoms with E-state index in [2.05, 4.69) is 24.3 Å². The first kappa shape index (κ1) is 33.7. The maximum Gasteiger partial charge on any atom is 0.312 e. The van der Waals surface area contributed by atoms with Crippen molar-refractivity contribution < 1.29 is 19.1 Å². The van der Waals surface area contributed by atoms with Crippen LogP contribution in [-0.4, -0.2) is 65.9 Å². The maximum atomic E-state index is 14.2. The van der Waals surface area contributed by atoms with Gasteiger partial charge in [0.2, 0.25) is 11.8 Å². The standard InChI is InChI=1S/C38H47N3O4/c1-5-45-36(44)38(28-30-13-8-6-9-14-30)23-25-41(26-24-38)35(43)33(40(4)34(42)17-12-22-37(2,3)39)27-29-18-20-32(21-19-29)31-15-10-7-11-16-31/h6-21,33H,5,22-28,39H2,1-4H3. The Morgan fingerprint density at radius 1 is 0.911 bits per heavy atom. The van der Waals surface area contributed by atoms with Gasteiger partial charge in [0.05, 0.1) is 12.0 Å². The number of hydrogen-bond acceptors (Lipinski definition) is 5. The summed E-state index contributed by atoms with van der Waals surface area (Å²) in [5.74, 6) is -0.584. The average molecular weight is 610 g/mol. The normalized spacial score (nSPS) is 15.4. The molecule has 4 rings (SSSR count). The van der Waals surface area contributed by atoms with Gasteiger partial charge < -0.3 is 20.3 Å². The fourth-order valence-corrected chi connectivity index (χ4v) is 5.90. The molecule has 2 N–H and O–H groups in total. The van der Waals surface area contributed by atoms with Gasteiger partial charge in [-0.25, -0.2) is 0 Å². The third-order valence-electron chi connectivity index (χ3n) is 8.62. The molecule has 2 amide bonds. The van der Waals surface area contributed by atoms with Gasteiger partial charge in [0, 0.05) is 32.1 Å². The first-order chi connectivity index (χ1) is 21.5. The van der Waals surface area contributed by atoms with Crippen molar-refractivity contribution in [2.24, 2.45) is 11.1 Å². The summed E-state index contributed by atoms with van der Waals surface area (Å²) in [5, 5.41) is 0. The van der Waals surface area contributed by atoms with Crippen LogP contribution in [0.1, 0.15) is 51.2 Å². The van der Waals surface area contributed by atoms with Crippen LogP contribution in [0.15, 0.2) is 97.1 Å². The van der Waals surface area contributed by atoms with E-state index < -0.39 is 17.0 Å². The van der Waals surface area contributed by atoms with Gasteiger partial charge in [-0.15, -0.1) is 0 Å². The minimum Gasteiger partial charge on any atom is -0.466 e. The number of rotatable bonds is 12. The van der Waals surface area contributed by atoms with E-state index in [4.69, 9.17) is 10.5 Å². The Morgan fingerprint density at radius 2 is 1.49 bits per heavy atom. The Bertz CT molecular complexity index is 1440. The van der Waals surface area contributed by atoms with Gasteiger partial charge >= 0.3 is 5.97 Å². The minimum absolute atomic E-state index is 0.122. The minimum atomic E-state index is -0.708. The molecular formula is C38H47N3O4. The molecule has 0 aromatic heterocycles. The molecule has 45 heavy (non-hydrogen) atoms. The summed E-state index contributed by atoms with van der Waals surface area (Å²) in [6, 6.07) is 27.5. The molecule has 3 aromatic carbocycles. The Balaban J connectivity index is 1.54. The van der Waals surface area contributed by atoms with Crippen molar-refractivity contribution in [3.8, 4) is 11.1 Å². The largest absolute Gasteiger partial charge is 0.466 e. The van der Waals surface area contributed by atoms with Crippen molar-refractivity contribution in [3.63, 3.8) is 0 Å². The summed E-state index contributed by atoms with van der Waals surface area (Å²) in [6.07, 6.45) is 5.74. The van der Waals surface area contributed by atoms with E-state index in [1.54, 1.807) is 13.1 Å². The molecule has 1 aliphatic rings. The van der Waals surface area contributed by atoms with E-state index in [0.29, 0.717) is 51.8 Å². The van der Waals surface area contributed by atoms with Crippen molar-refractivity contribution >= 4 is 17.8 Å². The van der Waals surface area contributed by atoms with Crippen LogP contribution in [0, 0.1) is 5.41 Å². The third-order valence-corrected chi connectivity index (χ3v) is 8.62. The molecule has 7 heteroatoms. The number of esters is 1. The van der Waals surface area contributed by atoms with Crippen molar-refractivity contribution in [3.05, 3.63) is 108 Å². The second-order valence-corrected chi connectivity index (χ2v) is 12.8. The van der Waals surface area contributed by atoms with Crippen molar-refractivity contribution in [1.29, 1.82) is 0 Å². The summed E-state index contributed by atoms with van der Waals surface area (Å²) >= 11 is 0. The summed E-state index contributed by atoms with van der Waals surface area (Å²) in [4.78, 5) is 44.1. The highest BCUT2D eigenvalue weighted by molar-refractivity contribution is 5.93. The lowest BCUT2D eigenvalue weighted by molar-refractivity contribution is -0.161. The predicted octanol–water partition coefficient (Wildman–Crippen LogP) is 5.82. The number of carbonyl (C=O) groups is 3. The quantitative estimate of drug-likeness (QED) is 0.206. The van der Waals surface area contributed by atoms with E-state index in [1.807, 2.05) is 86.3 Å². The van der Waals surface area contributed by atoms with Gasteiger partial charge in [0.25, 0.3) is 0 Å². The topological polar surface area (TPSA) is 92.9 Å². The summed E-state index contributed by atoms with van der Waals surface area (Å²) in [5.41, 5.74) is 9.19. The van der Waals surface area contributed by atoms with Gasteiger partial charge in [0.1, 0.15) is 6.04 Å². The van der Waals surface area contributed by atoms with E-state index in [-0.39, 0.29) is 17.8 Å². The maximum absolute atomic E-state index is 14.2. The molecule has 0 saturated carbocycles. The average Bonchev–Trinajstić information content (AvgIpc) is 3.04. The highest BCUT2D eigenvalue weighted by Crippen LogP contribution is 2.37. The molecule has 0 spiro atoms. The number of likely N-dealkylation sites (N-methyl/N-ethyl adjacent to an activating group) is 1. The van der Waals surface area contributed by atoms with E-state index in [0.717, 1.165) is 22.3 Å². The highest BCUT2D eigenvalue weighted by Gasteiger charge is 2.44. The van der Waals surface area contributed by atoms with Gasteiger partial charge in [-0.2, -0.15) is 0 Å². The molecule has 7 nitrogen and oxygen atoms in total. The number of benzene rings is 3. The van der Waals surface area contributed by atoms with Gasteiger partial charge in [-0.05, 0) is 74.8 Å². The zero-order valence-electron chi connectivity index (χ0n) is 27.1. The summed E-state index contributed by atoms with van der Waals surface area (Å²) in [6.45, 7) is 6.76. The highest BCUT2D eigenvalue weighted by atomic mass is 16.5. The summed E-state index contributed by atoms with van der Waals surface area (Å²) in [7, 11) is 1.68. The molecule has 1 heterocycles. The van der Waals surface area contributed by atoms with Crippen LogP contribution in [0.5, 0.6) is 0 Å². The fourth-order valence-electron chi connectivity index (χ4n) is 5.90. The van der Waals surface area contributed by atoms with E-state index >= 15 is 0 Å². The molecule has 1 aliphatic heterocycles. The van der Waals surface area contributed by atoms with Crippen LogP contribution in [0.4, 0.5) is 0 Å². The SMILES string of the molecule is CCOC(=O)C1(Cc2ccccc2)CCN(C(=O)C(Cc2ccc(-c3ccccc3)cc2)N(C)C(=O)C=CCC(C)(C)N)CC1. The van der Waals surface area contributed by atoms with Gasteiger partial charge in [0.15, 0.2) is 0 Å². The molecule has 1 saturated heterocycles. The van der Waals surface area contributed by atoms with Crippen LogP contribution in [0.3, 0.4) is 0 Å². The number of ether oxygens (including phenoxy) is 1. The molecule has 1 atom stereocenters. The molecule has 3 aromatic rings. The number of amides is 2. The number of carbonyl (C=O) groups excluding carboxylic acids is 3. The van der Waals surface area contributed by atoms with Crippen LogP contribution < -0.4 is 5.73 Å². The first-order valence-corrected chi connectivity index (χ1v) is 15.9. The second-order valence-electron chi connectivity index (χ2n) is 12.8. The number of hydrogen-bond donors (Lipinski definition) is 1. The molecule has 1 fully saturated rings. The second kappa shape index (κ2) is 15.2. The zero-order chi connectivity index (χ0) is 32.5. The molecule has 0 radical (unpaired) electrons. The van der Waals surface area contributed by atoms with Crippen molar-refractivity contribution in [2.45, 2.75) is 64.5 Å². The number of nitrogens with zero attached hydrogens (tertiary/aromatic N) is 2. The Hall–Kier alpha value is -4.23. The molecule has 0 bridgehead atoms. The fraction of sp³-hybridized carbons (Fsp3) is 0.395. The lowest BCUT2D eigenvalue weighted by atomic mass is 9.73. The molecule has 0 aliphatic carbocycles. The number of likely N-dealkylation sites (tertiary alicyclic amines) is 1.